The molecule has 0 saturated carbocycles. The maximum absolute atomic E-state index is 12.0. The third-order valence-electron chi connectivity index (χ3n) is 2.80. The van der Waals surface area contributed by atoms with Crippen LogP contribution in [0.2, 0.25) is 0 Å². The van der Waals surface area contributed by atoms with Gasteiger partial charge in [0.05, 0.1) is 0 Å². The van der Waals surface area contributed by atoms with E-state index >= 15 is 0 Å². The van der Waals surface area contributed by atoms with Crippen molar-refractivity contribution in [1.82, 2.24) is 5.32 Å². The van der Waals surface area contributed by atoms with Gasteiger partial charge in [-0.2, -0.15) is 0 Å². The molecule has 1 rings (SSSR count). The first kappa shape index (κ1) is 13.2. The first-order chi connectivity index (χ1) is 7.50. The number of benzene rings is 1. The van der Waals surface area contributed by atoms with E-state index in [0.717, 1.165) is 17.3 Å². The summed E-state index contributed by atoms with van der Waals surface area (Å²) in [6, 6.07) is 7.61. The number of rotatable bonds is 4. The van der Waals surface area contributed by atoms with E-state index in [1.54, 1.807) is 0 Å². The second-order valence-corrected chi connectivity index (χ2v) is 4.93. The van der Waals surface area contributed by atoms with Crippen LogP contribution < -0.4 is 5.32 Å². The van der Waals surface area contributed by atoms with Gasteiger partial charge in [-0.05, 0) is 32.4 Å². The number of alkyl halides is 1. The van der Waals surface area contributed by atoms with Gasteiger partial charge in [0.2, 0.25) is 0 Å². The van der Waals surface area contributed by atoms with Crippen LogP contribution in [-0.2, 0) is 0 Å². The molecular weight excluding hydrogens is 266 g/mol. The van der Waals surface area contributed by atoms with Crippen LogP contribution in [0.3, 0.4) is 0 Å². The van der Waals surface area contributed by atoms with E-state index in [2.05, 4.69) is 28.2 Å². The monoisotopic (exact) mass is 283 g/mol. The zero-order chi connectivity index (χ0) is 12.2. The van der Waals surface area contributed by atoms with Crippen LogP contribution >= 0.6 is 15.9 Å². The van der Waals surface area contributed by atoms with E-state index in [-0.39, 0.29) is 11.4 Å². The molecule has 2 nitrogen and oxygen atoms in total. The molecule has 0 aromatic heterocycles. The summed E-state index contributed by atoms with van der Waals surface area (Å²) < 4.78 is 0. The molecule has 0 saturated heterocycles. The Morgan fingerprint density at radius 3 is 2.38 bits per heavy atom. The second kappa shape index (κ2) is 5.48. The van der Waals surface area contributed by atoms with Gasteiger partial charge in [-0.3, -0.25) is 4.79 Å². The van der Waals surface area contributed by atoms with Crippen LogP contribution in [-0.4, -0.2) is 16.8 Å². The fraction of sp³-hybridized carbons (Fsp3) is 0.462. The largest absolute Gasteiger partial charge is 0.346 e. The Hall–Kier alpha value is -0.830. The van der Waals surface area contributed by atoms with E-state index in [4.69, 9.17) is 0 Å². The third-order valence-corrected chi connectivity index (χ3v) is 4.04. The van der Waals surface area contributed by atoms with Crippen molar-refractivity contribution in [2.75, 3.05) is 5.33 Å². The van der Waals surface area contributed by atoms with E-state index in [9.17, 15) is 4.79 Å². The van der Waals surface area contributed by atoms with Gasteiger partial charge in [-0.1, -0.05) is 40.5 Å². The Morgan fingerprint density at radius 2 is 1.94 bits per heavy atom. The number of carbonyl (C=O) groups excluding carboxylic acids is 1. The Morgan fingerprint density at radius 1 is 1.38 bits per heavy atom. The van der Waals surface area contributed by atoms with E-state index < -0.39 is 0 Å². The molecule has 0 aliphatic rings. The first-order valence-electron chi connectivity index (χ1n) is 5.46. The summed E-state index contributed by atoms with van der Waals surface area (Å²) in [4.78, 5) is 12.0. The molecule has 1 unspecified atom stereocenters. The molecule has 16 heavy (non-hydrogen) atoms. The quantitative estimate of drug-likeness (QED) is 0.845. The van der Waals surface area contributed by atoms with Gasteiger partial charge in [0.15, 0.2) is 0 Å². The number of aryl methyl sites for hydroxylation is 1. The van der Waals surface area contributed by atoms with Crippen LogP contribution in [0.1, 0.15) is 36.2 Å². The smallest absolute Gasteiger partial charge is 0.251 e. The molecule has 0 fully saturated rings. The average Bonchev–Trinajstić information content (AvgIpc) is 2.29. The maximum Gasteiger partial charge on any atom is 0.251 e. The SMILES string of the molecule is CCC(C)(CBr)NC(=O)c1ccc(C)cc1. The molecule has 1 N–H and O–H groups in total. The number of hydrogen-bond donors (Lipinski definition) is 1. The standard InChI is InChI=1S/C13H18BrNO/c1-4-13(3,9-14)15-12(16)11-7-5-10(2)6-8-11/h5-8H,4,9H2,1-3H3,(H,15,16). The molecule has 0 spiro atoms. The van der Waals surface area contributed by atoms with Crippen LogP contribution in [0.4, 0.5) is 0 Å². The van der Waals surface area contributed by atoms with Crippen molar-refractivity contribution in [3.63, 3.8) is 0 Å². The Balaban J connectivity index is 2.76. The van der Waals surface area contributed by atoms with Gasteiger partial charge in [0.1, 0.15) is 0 Å². The lowest BCUT2D eigenvalue weighted by molar-refractivity contribution is 0.0913. The lowest BCUT2D eigenvalue weighted by Crippen LogP contribution is -2.46. The van der Waals surface area contributed by atoms with Crippen molar-refractivity contribution in [2.45, 2.75) is 32.7 Å². The molecule has 0 bridgehead atoms. The minimum absolute atomic E-state index is 0.0104. The van der Waals surface area contributed by atoms with Crippen LogP contribution in [0.25, 0.3) is 0 Å². The van der Waals surface area contributed by atoms with Crippen molar-refractivity contribution in [2.24, 2.45) is 0 Å². The molecule has 3 heteroatoms. The highest BCUT2D eigenvalue weighted by Gasteiger charge is 2.23. The molecule has 1 aromatic carbocycles. The molecule has 0 aliphatic carbocycles. The number of hydrogen-bond acceptors (Lipinski definition) is 1. The predicted octanol–water partition coefficient (Wildman–Crippen LogP) is 3.29. The zero-order valence-electron chi connectivity index (χ0n) is 10.0. The number of nitrogens with one attached hydrogen (secondary N) is 1. The predicted molar refractivity (Wildman–Crippen MR) is 71.1 cm³/mol. The first-order valence-corrected chi connectivity index (χ1v) is 6.58. The molecular formula is C13H18BrNO. The second-order valence-electron chi connectivity index (χ2n) is 4.37. The fourth-order valence-corrected chi connectivity index (χ4v) is 1.80. The lowest BCUT2D eigenvalue weighted by Gasteiger charge is -2.27. The minimum Gasteiger partial charge on any atom is -0.346 e. The Bertz CT molecular complexity index is 355. The molecule has 88 valence electrons. The third kappa shape index (κ3) is 3.34. The summed E-state index contributed by atoms with van der Waals surface area (Å²) >= 11 is 3.43. The Labute approximate surface area is 106 Å². The molecule has 1 amide bonds. The van der Waals surface area contributed by atoms with Gasteiger partial charge in [-0.15, -0.1) is 0 Å². The van der Waals surface area contributed by atoms with E-state index in [0.29, 0.717) is 5.56 Å². The zero-order valence-corrected chi connectivity index (χ0v) is 11.6. The summed E-state index contributed by atoms with van der Waals surface area (Å²) in [5.41, 5.74) is 1.70. The van der Waals surface area contributed by atoms with Gasteiger partial charge < -0.3 is 5.32 Å². The normalized spacial score (nSPS) is 14.2. The average molecular weight is 284 g/mol. The maximum atomic E-state index is 12.0. The summed E-state index contributed by atoms with van der Waals surface area (Å²) in [5, 5.41) is 3.80. The number of amides is 1. The highest BCUT2D eigenvalue weighted by atomic mass is 79.9. The summed E-state index contributed by atoms with van der Waals surface area (Å²) in [5.74, 6) is -0.0104. The summed E-state index contributed by atoms with van der Waals surface area (Å²) in [6.45, 7) is 6.11. The molecule has 0 heterocycles. The van der Waals surface area contributed by atoms with Crippen molar-refractivity contribution >= 4 is 21.8 Å². The van der Waals surface area contributed by atoms with Crippen molar-refractivity contribution < 1.29 is 4.79 Å². The van der Waals surface area contributed by atoms with Gasteiger partial charge >= 0.3 is 0 Å². The summed E-state index contributed by atoms with van der Waals surface area (Å²) in [7, 11) is 0. The molecule has 0 aliphatic heterocycles. The van der Waals surface area contributed by atoms with E-state index in [1.807, 2.05) is 38.1 Å². The van der Waals surface area contributed by atoms with Gasteiger partial charge in [-0.25, -0.2) is 0 Å². The molecule has 1 atom stereocenters. The van der Waals surface area contributed by atoms with Crippen molar-refractivity contribution in [3.8, 4) is 0 Å². The minimum atomic E-state index is -0.179. The van der Waals surface area contributed by atoms with Gasteiger partial charge in [0.25, 0.3) is 5.91 Å². The Kier molecular flexibility index (Phi) is 4.54. The van der Waals surface area contributed by atoms with E-state index in [1.165, 1.54) is 0 Å². The number of carbonyl (C=O) groups is 1. The topological polar surface area (TPSA) is 29.1 Å². The highest BCUT2D eigenvalue weighted by Crippen LogP contribution is 2.14. The van der Waals surface area contributed by atoms with Crippen LogP contribution in [0.15, 0.2) is 24.3 Å². The van der Waals surface area contributed by atoms with Crippen LogP contribution in [0, 0.1) is 6.92 Å². The van der Waals surface area contributed by atoms with Crippen molar-refractivity contribution in [1.29, 1.82) is 0 Å². The number of halogens is 1. The highest BCUT2D eigenvalue weighted by molar-refractivity contribution is 9.09. The molecule has 0 radical (unpaired) electrons. The molecule has 1 aromatic rings. The fourth-order valence-electron chi connectivity index (χ4n) is 1.27. The van der Waals surface area contributed by atoms with Gasteiger partial charge in [0, 0.05) is 16.4 Å². The summed E-state index contributed by atoms with van der Waals surface area (Å²) in [6.07, 6.45) is 0.899. The van der Waals surface area contributed by atoms with Crippen LogP contribution in [0.5, 0.6) is 0 Å². The lowest BCUT2D eigenvalue weighted by atomic mass is 10.0. The van der Waals surface area contributed by atoms with Crippen molar-refractivity contribution in [3.05, 3.63) is 35.4 Å².